The number of pyridine rings is 1. The van der Waals surface area contributed by atoms with Crippen LogP contribution in [0.25, 0.3) is 10.9 Å². The maximum Gasteiger partial charge on any atom is 0.218 e. The van der Waals surface area contributed by atoms with Crippen LogP contribution < -0.4 is 0 Å². The molecule has 1 aliphatic rings. The molecule has 0 amide bonds. The lowest BCUT2D eigenvalue weighted by Crippen LogP contribution is -2.09. The number of hydrogen-bond acceptors (Lipinski definition) is 3. The fraction of sp³-hybridized carbons (Fsp3) is 0.158. The fourth-order valence-electron chi connectivity index (χ4n) is 2.83. The molecule has 2 heterocycles. The first-order chi connectivity index (χ1) is 10.9. The summed E-state index contributed by atoms with van der Waals surface area (Å²) < 4.78 is 5.84. The first-order valence-corrected chi connectivity index (χ1v) is 7.49. The Morgan fingerprint density at radius 3 is 2.73 bits per heavy atom. The minimum Gasteiger partial charge on any atom is -0.475 e. The molecule has 0 aliphatic carbocycles. The van der Waals surface area contributed by atoms with Gasteiger partial charge in [0.25, 0.3) is 0 Å². The van der Waals surface area contributed by atoms with Crippen LogP contribution in [0.3, 0.4) is 0 Å². The van der Waals surface area contributed by atoms with E-state index in [1.165, 1.54) is 5.56 Å². The second kappa shape index (κ2) is 5.60. The van der Waals surface area contributed by atoms with Crippen molar-refractivity contribution in [1.29, 1.82) is 0 Å². The van der Waals surface area contributed by atoms with E-state index in [-0.39, 0.29) is 6.04 Å². The molecule has 0 saturated heterocycles. The zero-order valence-corrected chi connectivity index (χ0v) is 12.1. The number of para-hydroxylation sites is 1. The SMILES string of the molecule is c1ccc(CC2COC(c3cccc4cccnc34)=N2)cc1. The van der Waals surface area contributed by atoms with Gasteiger partial charge < -0.3 is 4.74 Å². The Bertz CT molecular complexity index is 822. The van der Waals surface area contributed by atoms with Gasteiger partial charge in [-0.15, -0.1) is 0 Å². The van der Waals surface area contributed by atoms with Crippen LogP contribution in [0.15, 0.2) is 71.9 Å². The third kappa shape index (κ3) is 2.46. The van der Waals surface area contributed by atoms with Gasteiger partial charge in [0.05, 0.1) is 17.1 Å². The Balaban J connectivity index is 1.64. The van der Waals surface area contributed by atoms with Crippen LogP contribution in [0.2, 0.25) is 0 Å². The molecule has 3 heteroatoms. The highest BCUT2D eigenvalue weighted by atomic mass is 16.5. The highest BCUT2D eigenvalue weighted by molar-refractivity contribution is 6.05. The van der Waals surface area contributed by atoms with Gasteiger partial charge >= 0.3 is 0 Å². The smallest absolute Gasteiger partial charge is 0.218 e. The number of ether oxygens (including phenoxy) is 1. The van der Waals surface area contributed by atoms with E-state index >= 15 is 0 Å². The van der Waals surface area contributed by atoms with Crippen LogP contribution in [0.1, 0.15) is 11.1 Å². The third-order valence-electron chi connectivity index (χ3n) is 3.89. The summed E-state index contributed by atoms with van der Waals surface area (Å²) in [6.45, 7) is 0.632. The summed E-state index contributed by atoms with van der Waals surface area (Å²) >= 11 is 0. The van der Waals surface area contributed by atoms with Gasteiger partial charge in [-0.05, 0) is 24.1 Å². The van der Waals surface area contributed by atoms with E-state index in [4.69, 9.17) is 9.73 Å². The minimum atomic E-state index is 0.177. The fourth-order valence-corrected chi connectivity index (χ4v) is 2.83. The van der Waals surface area contributed by atoms with Crippen LogP contribution in [-0.2, 0) is 11.2 Å². The molecule has 108 valence electrons. The van der Waals surface area contributed by atoms with Crippen molar-refractivity contribution in [2.24, 2.45) is 4.99 Å². The van der Waals surface area contributed by atoms with Gasteiger partial charge in [0, 0.05) is 11.6 Å². The van der Waals surface area contributed by atoms with E-state index in [1.54, 1.807) is 0 Å². The predicted molar refractivity (Wildman–Crippen MR) is 88.2 cm³/mol. The molecule has 0 radical (unpaired) electrons. The van der Waals surface area contributed by atoms with Crippen LogP contribution in [0.4, 0.5) is 0 Å². The molecule has 1 aliphatic heterocycles. The standard InChI is InChI=1S/C19H16N2O/c1-2-6-14(7-3-1)12-16-13-22-19(21-16)17-10-4-8-15-9-5-11-20-18(15)17/h1-11,16H,12-13H2. The average Bonchev–Trinajstić information content (AvgIpc) is 3.03. The summed E-state index contributed by atoms with van der Waals surface area (Å²) in [6, 6.07) is 20.7. The van der Waals surface area contributed by atoms with E-state index in [9.17, 15) is 0 Å². The van der Waals surface area contributed by atoms with E-state index in [2.05, 4.69) is 41.4 Å². The maximum absolute atomic E-state index is 5.84. The molecule has 0 saturated carbocycles. The zero-order chi connectivity index (χ0) is 14.8. The molecule has 3 nitrogen and oxygen atoms in total. The molecule has 0 N–H and O–H groups in total. The largest absolute Gasteiger partial charge is 0.475 e. The van der Waals surface area contributed by atoms with Crippen molar-refractivity contribution in [3.05, 3.63) is 78.0 Å². The lowest BCUT2D eigenvalue weighted by atomic mass is 10.1. The van der Waals surface area contributed by atoms with Gasteiger partial charge in [0.2, 0.25) is 5.90 Å². The van der Waals surface area contributed by atoms with Crippen LogP contribution in [-0.4, -0.2) is 23.5 Å². The molecule has 0 bridgehead atoms. The van der Waals surface area contributed by atoms with Gasteiger partial charge in [-0.25, -0.2) is 4.99 Å². The van der Waals surface area contributed by atoms with Crippen molar-refractivity contribution in [2.75, 3.05) is 6.61 Å². The molecule has 2 aromatic carbocycles. The number of hydrogen-bond donors (Lipinski definition) is 0. The summed E-state index contributed by atoms with van der Waals surface area (Å²) in [5.74, 6) is 0.713. The third-order valence-corrected chi connectivity index (χ3v) is 3.89. The molecule has 3 aromatic rings. The summed E-state index contributed by atoms with van der Waals surface area (Å²) in [5, 5.41) is 1.11. The average molecular weight is 288 g/mol. The normalized spacial score (nSPS) is 17.3. The number of aromatic nitrogens is 1. The maximum atomic E-state index is 5.84. The Labute approximate surface area is 129 Å². The molecule has 1 unspecified atom stereocenters. The second-order valence-electron chi connectivity index (χ2n) is 5.47. The highest BCUT2D eigenvalue weighted by Crippen LogP contribution is 2.21. The molecular formula is C19H16N2O. The Kier molecular flexibility index (Phi) is 3.31. The summed E-state index contributed by atoms with van der Waals surface area (Å²) in [5.41, 5.74) is 3.22. The van der Waals surface area contributed by atoms with Crippen molar-refractivity contribution in [3.63, 3.8) is 0 Å². The molecule has 1 aromatic heterocycles. The zero-order valence-electron chi connectivity index (χ0n) is 12.1. The van der Waals surface area contributed by atoms with Crippen molar-refractivity contribution < 1.29 is 4.74 Å². The topological polar surface area (TPSA) is 34.5 Å². The van der Waals surface area contributed by atoms with Crippen LogP contribution in [0.5, 0.6) is 0 Å². The number of benzene rings is 2. The predicted octanol–water partition coefficient (Wildman–Crippen LogP) is 3.62. The van der Waals surface area contributed by atoms with Crippen LogP contribution in [0, 0.1) is 0 Å². The van der Waals surface area contributed by atoms with Crippen molar-refractivity contribution >= 4 is 16.8 Å². The van der Waals surface area contributed by atoms with Crippen LogP contribution >= 0.6 is 0 Å². The van der Waals surface area contributed by atoms with Gasteiger partial charge in [0.1, 0.15) is 6.61 Å². The van der Waals surface area contributed by atoms with Crippen molar-refractivity contribution in [1.82, 2.24) is 4.98 Å². The Morgan fingerprint density at radius 1 is 0.955 bits per heavy atom. The Hall–Kier alpha value is -2.68. The number of fused-ring (bicyclic) bond motifs is 1. The molecule has 1 atom stereocenters. The summed E-state index contributed by atoms with van der Waals surface area (Å²) in [4.78, 5) is 9.23. The monoisotopic (exact) mass is 288 g/mol. The van der Waals surface area contributed by atoms with E-state index < -0.39 is 0 Å². The van der Waals surface area contributed by atoms with Crippen molar-refractivity contribution in [3.8, 4) is 0 Å². The van der Waals surface area contributed by atoms with Gasteiger partial charge in [-0.2, -0.15) is 0 Å². The lowest BCUT2D eigenvalue weighted by molar-refractivity contribution is 0.317. The molecule has 0 fully saturated rings. The van der Waals surface area contributed by atoms with Gasteiger partial charge in [-0.1, -0.05) is 48.5 Å². The molecule has 22 heavy (non-hydrogen) atoms. The Morgan fingerprint density at radius 2 is 1.82 bits per heavy atom. The first kappa shape index (κ1) is 13.0. The minimum absolute atomic E-state index is 0.177. The number of aliphatic imine (C=N–C) groups is 1. The van der Waals surface area contributed by atoms with Gasteiger partial charge in [-0.3, -0.25) is 4.98 Å². The van der Waals surface area contributed by atoms with E-state index in [1.807, 2.05) is 30.5 Å². The van der Waals surface area contributed by atoms with Crippen molar-refractivity contribution in [2.45, 2.75) is 12.5 Å². The highest BCUT2D eigenvalue weighted by Gasteiger charge is 2.22. The molecule has 0 spiro atoms. The quantitative estimate of drug-likeness (QED) is 0.737. The molecular weight excluding hydrogens is 272 g/mol. The summed E-state index contributed by atoms with van der Waals surface area (Å²) in [6.07, 6.45) is 2.71. The van der Waals surface area contributed by atoms with E-state index in [0.717, 1.165) is 22.9 Å². The van der Waals surface area contributed by atoms with Gasteiger partial charge in [0.15, 0.2) is 0 Å². The lowest BCUT2D eigenvalue weighted by Gasteiger charge is -2.04. The second-order valence-corrected chi connectivity index (χ2v) is 5.47. The number of rotatable bonds is 3. The number of nitrogens with zero attached hydrogens (tertiary/aromatic N) is 2. The van der Waals surface area contributed by atoms with E-state index in [0.29, 0.717) is 12.5 Å². The summed E-state index contributed by atoms with van der Waals surface area (Å²) in [7, 11) is 0. The molecule has 4 rings (SSSR count). The first-order valence-electron chi connectivity index (χ1n) is 7.49.